The van der Waals surface area contributed by atoms with Gasteiger partial charge in [-0.3, -0.25) is 0 Å². The smallest absolute Gasteiger partial charge is 0.164 e. The molecule has 270 valence electrons. The van der Waals surface area contributed by atoms with Crippen LogP contribution in [-0.2, 0) is 0 Å². The maximum atomic E-state index is 6.59. The second-order valence-electron chi connectivity index (χ2n) is 14.8. The van der Waals surface area contributed by atoms with Gasteiger partial charge in [-0.05, 0) is 69.8 Å². The number of benzene rings is 9. The molecule has 0 fully saturated rings. The second kappa shape index (κ2) is 12.8. The third-order valence-corrected chi connectivity index (χ3v) is 11.4. The lowest BCUT2D eigenvalue weighted by atomic mass is 9.95. The van der Waals surface area contributed by atoms with E-state index >= 15 is 0 Å². The number of hydrogen-bond acceptors (Lipinski definition) is 4. The first-order chi connectivity index (χ1) is 28.7. The highest BCUT2D eigenvalue weighted by atomic mass is 16.3. The SMILES string of the molecule is c1ccc(-c2nc(-c3ccc4ccccc4c3)nc(-c3cccc4oc5ccc(-n6c7ccccc7c7cc(-c8ccccc8)c8ccccc8c76)cc5c34)n2)cc1. The minimum Gasteiger partial charge on any atom is -0.456 e. The van der Waals surface area contributed by atoms with Crippen molar-refractivity contribution in [2.24, 2.45) is 0 Å². The van der Waals surface area contributed by atoms with Crippen LogP contribution in [0.5, 0.6) is 0 Å². The van der Waals surface area contributed by atoms with Crippen molar-refractivity contribution in [2.45, 2.75) is 0 Å². The van der Waals surface area contributed by atoms with Crippen LogP contribution in [0, 0.1) is 0 Å². The summed E-state index contributed by atoms with van der Waals surface area (Å²) in [5.41, 5.74) is 10.1. The molecular formula is C53H32N4O. The van der Waals surface area contributed by atoms with Crippen molar-refractivity contribution in [1.29, 1.82) is 0 Å². The third-order valence-electron chi connectivity index (χ3n) is 11.4. The van der Waals surface area contributed by atoms with E-state index in [1.807, 2.05) is 42.5 Å². The normalized spacial score (nSPS) is 11.8. The number of nitrogens with zero attached hydrogens (tertiary/aromatic N) is 4. The van der Waals surface area contributed by atoms with E-state index in [1.165, 1.54) is 43.6 Å². The first-order valence-electron chi connectivity index (χ1n) is 19.5. The molecule has 0 aliphatic rings. The minimum atomic E-state index is 0.590. The van der Waals surface area contributed by atoms with Crippen LogP contribution in [0.1, 0.15) is 0 Å². The number of fused-ring (bicyclic) bond motifs is 9. The van der Waals surface area contributed by atoms with Gasteiger partial charge in [0.1, 0.15) is 11.2 Å². The van der Waals surface area contributed by atoms with Crippen LogP contribution in [0.4, 0.5) is 0 Å². The molecule has 0 N–H and O–H groups in total. The Hall–Kier alpha value is -7.89. The highest BCUT2D eigenvalue weighted by molar-refractivity contribution is 6.22. The third kappa shape index (κ3) is 5.07. The van der Waals surface area contributed by atoms with Crippen molar-refractivity contribution in [3.05, 3.63) is 194 Å². The summed E-state index contributed by atoms with van der Waals surface area (Å²) in [7, 11) is 0. The van der Waals surface area contributed by atoms with Gasteiger partial charge in [0, 0.05) is 49.3 Å². The number of hydrogen-bond donors (Lipinski definition) is 0. The van der Waals surface area contributed by atoms with Gasteiger partial charge < -0.3 is 8.98 Å². The molecule has 0 spiro atoms. The molecule has 12 rings (SSSR count). The molecule has 0 saturated carbocycles. The highest BCUT2D eigenvalue weighted by Crippen LogP contribution is 2.43. The van der Waals surface area contributed by atoms with Crippen LogP contribution in [0.25, 0.3) is 116 Å². The van der Waals surface area contributed by atoms with Crippen LogP contribution >= 0.6 is 0 Å². The Morgan fingerprint density at radius 1 is 0.362 bits per heavy atom. The quantitative estimate of drug-likeness (QED) is 0.176. The predicted molar refractivity (Wildman–Crippen MR) is 238 cm³/mol. The Morgan fingerprint density at radius 3 is 1.86 bits per heavy atom. The van der Waals surface area contributed by atoms with E-state index in [4.69, 9.17) is 19.4 Å². The monoisotopic (exact) mass is 740 g/mol. The molecule has 0 atom stereocenters. The van der Waals surface area contributed by atoms with Crippen LogP contribution in [-0.4, -0.2) is 19.5 Å². The van der Waals surface area contributed by atoms with E-state index < -0.39 is 0 Å². The number of para-hydroxylation sites is 1. The minimum absolute atomic E-state index is 0.590. The molecule has 9 aromatic carbocycles. The Bertz CT molecular complexity index is 3570. The Morgan fingerprint density at radius 2 is 1.03 bits per heavy atom. The lowest BCUT2D eigenvalue weighted by molar-refractivity contribution is 0.669. The van der Waals surface area contributed by atoms with Crippen LogP contribution in [0.15, 0.2) is 199 Å². The summed E-state index contributed by atoms with van der Waals surface area (Å²) in [4.78, 5) is 15.4. The predicted octanol–water partition coefficient (Wildman–Crippen LogP) is 13.8. The Kier molecular flexibility index (Phi) is 7.16. The molecule has 0 amide bonds. The zero-order valence-electron chi connectivity index (χ0n) is 31.2. The van der Waals surface area contributed by atoms with E-state index in [0.717, 1.165) is 55.2 Å². The summed E-state index contributed by atoms with van der Waals surface area (Å²) in [6.45, 7) is 0. The van der Waals surface area contributed by atoms with Crippen molar-refractivity contribution in [3.63, 3.8) is 0 Å². The van der Waals surface area contributed by atoms with Gasteiger partial charge in [0.15, 0.2) is 17.5 Å². The highest BCUT2D eigenvalue weighted by Gasteiger charge is 2.21. The number of aromatic nitrogens is 4. The van der Waals surface area contributed by atoms with Gasteiger partial charge in [-0.2, -0.15) is 0 Å². The lowest BCUT2D eigenvalue weighted by Gasteiger charge is -2.13. The lowest BCUT2D eigenvalue weighted by Crippen LogP contribution is -2.00. The van der Waals surface area contributed by atoms with E-state index in [-0.39, 0.29) is 0 Å². The van der Waals surface area contributed by atoms with Crippen molar-refractivity contribution < 1.29 is 4.42 Å². The molecule has 5 nitrogen and oxygen atoms in total. The summed E-state index contributed by atoms with van der Waals surface area (Å²) in [5, 5.41) is 9.10. The number of furan rings is 1. The van der Waals surface area contributed by atoms with Crippen LogP contribution < -0.4 is 0 Å². The van der Waals surface area contributed by atoms with Gasteiger partial charge >= 0.3 is 0 Å². The van der Waals surface area contributed by atoms with Gasteiger partial charge in [-0.15, -0.1) is 0 Å². The number of rotatable bonds is 5. The molecule has 0 unspecified atom stereocenters. The van der Waals surface area contributed by atoms with E-state index in [9.17, 15) is 0 Å². The molecule has 0 aliphatic heterocycles. The van der Waals surface area contributed by atoms with Gasteiger partial charge in [0.05, 0.1) is 11.0 Å². The molecule has 12 aromatic rings. The Labute approximate surface area is 333 Å². The summed E-state index contributed by atoms with van der Waals surface area (Å²) >= 11 is 0. The van der Waals surface area contributed by atoms with Gasteiger partial charge in [0.2, 0.25) is 0 Å². The summed E-state index contributed by atoms with van der Waals surface area (Å²) in [6.07, 6.45) is 0. The molecule has 0 saturated heterocycles. The van der Waals surface area contributed by atoms with E-state index in [1.54, 1.807) is 0 Å². The summed E-state index contributed by atoms with van der Waals surface area (Å²) < 4.78 is 9.01. The van der Waals surface area contributed by atoms with Crippen molar-refractivity contribution in [1.82, 2.24) is 19.5 Å². The van der Waals surface area contributed by atoms with Crippen molar-refractivity contribution >= 4 is 65.3 Å². The standard InChI is InChI=1S/C53H32N4O/c1-3-15-34(16-4-1)43-32-44-40-21-11-12-24-46(40)57(50(44)41-22-10-9-20-39(41)43)38-28-29-47-45(31-38)49-42(23-13-25-48(49)58-47)53-55-51(35-17-5-2-6-18-35)54-52(56-53)37-27-26-33-14-7-8-19-36(33)30-37/h1-32H. The first-order valence-corrected chi connectivity index (χ1v) is 19.5. The average Bonchev–Trinajstić information content (AvgIpc) is 3.84. The summed E-state index contributed by atoms with van der Waals surface area (Å²) in [6, 6.07) is 68.1. The van der Waals surface area contributed by atoms with E-state index in [2.05, 4.69) is 156 Å². The largest absolute Gasteiger partial charge is 0.456 e. The van der Waals surface area contributed by atoms with Crippen LogP contribution in [0.3, 0.4) is 0 Å². The van der Waals surface area contributed by atoms with Gasteiger partial charge in [0.25, 0.3) is 0 Å². The van der Waals surface area contributed by atoms with Crippen molar-refractivity contribution in [3.8, 4) is 51.0 Å². The fraction of sp³-hybridized carbons (Fsp3) is 0. The molecule has 0 bridgehead atoms. The van der Waals surface area contributed by atoms with Gasteiger partial charge in [-0.1, -0.05) is 152 Å². The molecule has 58 heavy (non-hydrogen) atoms. The zero-order valence-corrected chi connectivity index (χ0v) is 31.2. The second-order valence-corrected chi connectivity index (χ2v) is 14.8. The molecule has 0 aliphatic carbocycles. The average molecular weight is 741 g/mol. The van der Waals surface area contributed by atoms with Crippen molar-refractivity contribution in [2.75, 3.05) is 0 Å². The maximum absolute atomic E-state index is 6.59. The topological polar surface area (TPSA) is 56.7 Å². The van der Waals surface area contributed by atoms with Gasteiger partial charge in [-0.25, -0.2) is 15.0 Å². The Balaban J connectivity index is 1.11. The fourth-order valence-electron chi connectivity index (χ4n) is 8.76. The fourth-order valence-corrected chi connectivity index (χ4v) is 8.76. The zero-order chi connectivity index (χ0) is 38.2. The molecular weight excluding hydrogens is 709 g/mol. The van der Waals surface area contributed by atoms with Crippen LogP contribution in [0.2, 0.25) is 0 Å². The first kappa shape index (κ1) is 32.4. The molecule has 5 heteroatoms. The molecule has 0 radical (unpaired) electrons. The summed E-state index contributed by atoms with van der Waals surface area (Å²) in [5.74, 6) is 1.82. The molecule has 3 aromatic heterocycles. The maximum Gasteiger partial charge on any atom is 0.164 e. The molecule has 3 heterocycles. The van der Waals surface area contributed by atoms with E-state index in [0.29, 0.717) is 17.5 Å².